The van der Waals surface area contributed by atoms with Gasteiger partial charge in [0.05, 0.1) is 6.42 Å². The first-order chi connectivity index (χ1) is 17.1. The van der Waals surface area contributed by atoms with Crippen molar-refractivity contribution >= 4 is 17.4 Å². The third kappa shape index (κ3) is 5.35. The molecule has 2 aromatic heterocycles. The average Bonchev–Trinajstić information content (AvgIpc) is 3.51. The van der Waals surface area contributed by atoms with Crippen LogP contribution >= 0.6 is 0 Å². The maximum atomic E-state index is 13.9. The van der Waals surface area contributed by atoms with Gasteiger partial charge in [0.2, 0.25) is 11.6 Å². The number of carboxylic acids is 1. The summed E-state index contributed by atoms with van der Waals surface area (Å²) < 4.78 is 51.7. The van der Waals surface area contributed by atoms with E-state index in [0.717, 1.165) is 0 Å². The van der Waals surface area contributed by atoms with E-state index in [9.17, 15) is 27.9 Å². The molecule has 3 N–H and O–H groups in total. The maximum Gasteiger partial charge on any atom is 0.422 e. The normalized spacial score (nSPS) is 14.4. The summed E-state index contributed by atoms with van der Waals surface area (Å²) in [5.41, 5.74) is -0.678. The van der Waals surface area contributed by atoms with Crippen molar-refractivity contribution in [3.8, 4) is 23.0 Å². The average molecular weight is 504 g/mol. The number of hydrogen-bond acceptors (Lipinski definition) is 8. The Balaban J connectivity index is 1.55. The number of rotatable bonds is 8. The molecule has 0 radical (unpaired) electrons. The van der Waals surface area contributed by atoms with Crippen molar-refractivity contribution in [1.82, 2.24) is 20.6 Å². The highest BCUT2D eigenvalue weighted by Crippen LogP contribution is 2.42. The standard InChI is InChI=1S/C23H19F3N4O6/c24-23(25,26)16-17(12-4-2-1-3-5-12)29-35-19(16)22-28-20(30-36-22)14-8-6-13(7-9-14)18(33)21(34)27-11-10-15(31)32/h2,4-9,18,33H,1,3,10-11H2,(H,27,34)(H,31,32). The van der Waals surface area contributed by atoms with Crippen LogP contribution in [0.3, 0.4) is 0 Å². The molecule has 3 aromatic rings. The molecule has 0 aliphatic heterocycles. The van der Waals surface area contributed by atoms with Crippen LogP contribution in [0.4, 0.5) is 13.2 Å². The molecule has 1 aromatic carbocycles. The smallest absolute Gasteiger partial charge is 0.422 e. The molecular weight excluding hydrogens is 485 g/mol. The van der Waals surface area contributed by atoms with Gasteiger partial charge in [-0.25, -0.2) is 0 Å². The van der Waals surface area contributed by atoms with E-state index in [-0.39, 0.29) is 35.6 Å². The third-order valence-electron chi connectivity index (χ3n) is 5.24. The fourth-order valence-corrected chi connectivity index (χ4v) is 3.47. The van der Waals surface area contributed by atoms with E-state index in [0.29, 0.717) is 18.4 Å². The summed E-state index contributed by atoms with van der Waals surface area (Å²) in [6.45, 7) is -0.147. The number of nitrogens with one attached hydrogen (secondary N) is 1. The van der Waals surface area contributed by atoms with Crippen LogP contribution in [-0.2, 0) is 15.8 Å². The monoisotopic (exact) mass is 504 g/mol. The van der Waals surface area contributed by atoms with E-state index < -0.39 is 41.4 Å². The second-order valence-electron chi connectivity index (χ2n) is 7.75. The van der Waals surface area contributed by atoms with Gasteiger partial charge in [0, 0.05) is 17.7 Å². The number of amides is 1. The topological polar surface area (TPSA) is 152 Å². The first-order valence-electron chi connectivity index (χ1n) is 10.7. The number of aliphatic hydroxyl groups is 1. The summed E-state index contributed by atoms with van der Waals surface area (Å²) in [5.74, 6) is -3.16. The molecule has 1 atom stereocenters. The number of halogens is 3. The highest BCUT2D eigenvalue weighted by atomic mass is 19.4. The molecule has 10 nitrogen and oxygen atoms in total. The van der Waals surface area contributed by atoms with E-state index in [1.807, 2.05) is 0 Å². The first-order valence-corrected chi connectivity index (χ1v) is 10.7. The lowest BCUT2D eigenvalue weighted by molar-refractivity contribution is -0.138. The molecular formula is C23H19F3N4O6. The van der Waals surface area contributed by atoms with Gasteiger partial charge in [0.25, 0.3) is 11.8 Å². The quantitative estimate of drug-likeness (QED) is 0.416. The molecule has 1 amide bonds. The molecule has 0 saturated heterocycles. The second kappa shape index (κ2) is 10.2. The van der Waals surface area contributed by atoms with Crippen molar-refractivity contribution in [3.05, 3.63) is 59.3 Å². The van der Waals surface area contributed by atoms with Gasteiger partial charge in [-0.3, -0.25) is 9.59 Å². The molecule has 1 aliphatic carbocycles. The van der Waals surface area contributed by atoms with Crippen molar-refractivity contribution in [1.29, 1.82) is 0 Å². The SMILES string of the molecule is O=C(O)CCNC(=O)C(O)c1ccc(-c2noc(-c3onc(C4=CCCC=C4)c3C(F)(F)F)n2)cc1. The number of alkyl halides is 3. The lowest BCUT2D eigenvalue weighted by Crippen LogP contribution is -2.31. The third-order valence-corrected chi connectivity index (χ3v) is 5.24. The van der Waals surface area contributed by atoms with Gasteiger partial charge in [-0.05, 0) is 18.4 Å². The molecule has 1 unspecified atom stereocenters. The minimum atomic E-state index is -4.80. The number of benzene rings is 1. The summed E-state index contributed by atoms with van der Waals surface area (Å²) >= 11 is 0. The molecule has 2 heterocycles. The van der Waals surface area contributed by atoms with Crippen LogP contribution in [0.1, 0.15) is 42.2 Å². The predicted molar refractivity (Wildman–Crippen MR) is 117 cm³/mol. The summed E-state index contributed by atoms with van der Waals surface area (Å²) in [6.07, 6.45) is -0.435. The van der Waals surface area contributed by atoms with Crippen molar-refractivity contribution in [3.63, 3.8) is 0 Å². The van der Waals surface area contributed by atoms with Gasteiger partial charge in [-0.15, -0.1) is 0 Å². The zero-order valence-electron chi connectivity index (χ0n) is 18.5. The number of allylic oxidation sites excluding steroid dienone is 4. The number of carboxylic acid groups (broad SMARTS) is 1. The van der Waals surface area contributed by atoms with E-state index in [2.05, 4.69) is 20.6 Å². The van der Waals surface area contributed by atoms with Crippen LogP contribution in [0.15, 0.2) is 51.5 Å². The molecule has 0 saturated carbocycles. The highest BCUT2D eigenvalue weighted by molar-refractivity contribution is 5.82. The van der Waals surface area contributed by atoms with E-state index in [1.165, 1.54) is 24.3 Å². The predicted octanol–water partition coefficient (Wildman–Crippen LogP) is 3.77. The summed E-state index contributed by atoms with van der Waals surface area (Å²) in [7, 11) is 0. The number of aliphatic hydroxyl groups excluding tert-OH is 1. The molecule has 13 heteroatoms. The first kappa shape index (κ1) is 24.9. The minimum Gasteiger partial charge on any atom is -0.481 e. The van der Waals surface area contributed by atoms with Gasteiger partial charge < -0.3 is 24.6 Å². The van der Waals surface area contributed by atoms with Crippen molar-refractivity contribution in [2.45, 2.75) is 31.5 Å². The van der Waals surface area contributed by atoms with E-state index in [1.54, 1.807) is 18.2 Å². The van der Waals surface area contributed by atoms with Gasteiger partial charge in [0.1, 0.15) is 11.3 Å². The van der Waals surface area contributed by atoms with Crippen molar-refractivity contribution in [2.24, 2.45) is 0 Å². The molecule has 1 aliphatic rings. The van der Waals surface area contributed by atoms with Crippen molar-refractivity contribution in [2.75, 3.05) is 6.54 Å². The summed E-state index contributed by atoms with van der Waals surface area (Å²) in [6, 6.07) is 5.66. The van der Waals surface area contributed by atoms with E-state index in [4.69, 9.17) is 14.2 Å². The fourth-order valence-electron chi connectivity index (χ4n) is 3.47. The number of hydrogen-bond donors (Lipinski definition) is 3. The van der Waals surface area contributed by atoms with Gasteiger partial charge in [-0.2, -0.15) is 18.2 Å². The van der Waals surface area contributed by atoms with Crippen LogP contribution < -0.4 is 5.32 Å². The number of aromatic nitrogens is 3. The Labute approximate surface area is 201 Å². The Bertz CT molecular complexity index is 1320. The number of carbonyl (C=O) groups is 2. The largest absolute Gasteiger partial charge is 0.481 e. The van der Waals surface area contributed by atoms with Crippen LogP contribution in [-0.4, -0.2) is 43.9 Å². The Hall–Kier alpha value is -4.26. The Kier molecular flexibility index (Phi) is 7.01. The lowest BCUT2D eigenvalue weighted by atomic mass is 10.00. The lowest BCUT2D eigenvalue weighted by Gasteiger charge is -2.11. The van der Waals surface area contributed by atoms with Crippen molar-refractivity contribution < 1.29 is 42.0 Å². The summed E-state index contributed by atoms with van der Waals surface area (Å²) in [4.78, 5) is 26.5. The fraction of sp³-hybridized carbons (Fsp3) is 0.261. The Morgan fingerprint density at radius 3 is 2.50 bits per heavy atom. The number of carbonyl (C=O) groups excluding carboxylic acids is 1. The van der Waals surface area contributed by atoms with Crippen LogP contribution in [0, 0.1) is 0 Å². The summed E-state index contributed by atoms with van der Waals surface area (Å²) in [5, 5.41) is 28.4. The van der Waals surface area contributed by atoms with Crippen LogP contribution in [0.5, 0.6) is 0 Å². The Morgan fingerprint density at radius 2 is 1.86 bits per heavy atom. The van der Waals surface area contributed by atoms with E-state index >= 15 is 0 Å². The van der Waals surface area contributed by atoms with Crippen LogP contribution in [0.25, 0.3) is 28.6 Å². The number of aliphatic carboxylic acids is 1. The molecule has 188 valence electrons. The Morgan fingerprint density at radius 1 is 1.11 bits per heavy atom. The van der Waals surface area contributed by atoms with Gasteiger partial charge >= 0.3 is 12.1 Å². The molecule has 0 bridgehead atoms. The maximum absolute atomic E-state index is 13.9. The molecule has 0 spiro atoms. The second-order valence-corrected chi connectivity index (χ2v) is 7.75. The van der Waals surface area contributed by atoms with Gasteiger partial charge in [-0.1, -0.05) is 52.8 Å². The van der Waals surface area contributed by atoms with Gasteiger partial charge in [0.15, 0.2) is 6.10 Å². The molecule has 0 fully saturated rings. The zero-order chi connectivity index (χ0) is 25.9. The highest BCUT2D eigenvalue weighted by Gasteiger charge is 2.43. The number of nitrogens with zero attached hydrogens (tertiary/aromatic N) is 3. The zero-order valence-corrected chi connectivity index (χ0v) is 18.5. The molecule has 36 heavy (non-hydrogen) atoms. The minimum absolute atomic E-state index is 0.0557. The van der Waals surface area contributed by atoms with Crippen LogP contribution in [0.2, 0.25) is 0 Å². The molecule has 4 rings (SSSR count).